The highest BCUT2D eigenvalue weighted by atomic mass is 35.5. The number of carbonyl (C=O) groups is 2. The van der Waals surface area contributed by atoms with Crippen LogP contribution in [0, 0.1) is 0 Å². The summed E-state index contributed by atoms with van der Waals surface area (Å²) in [5.41, 5.74) is -0.578. The Morgan fingerprint density at radius 2 is 1.48 bits per heavy atom. The summed E-state index contributed by atoms with van der Waals surface area (Å²) in [6.45, 7) is 1.92. The van der Waals surface area contributed by atoms with E-state index < -0.39 is 5.60 Å². The number of hydrogen-bond acceptors (Lipinski definition) is 3. The lowest BCUT2D eigenvalue weighted by Gasteiger charge is -2.38. The van der Waals surface area contributed by atoms with Crippen LogP contribution in [0.15, 0.2) is 24.3 Å². The predicted octanol–water partition coefficient (Wildman–Crippen LogP) is 1.93. The van der Waals surface area contributed by atoms with Gasteiger partial charge in [-0.2, -0.15) is 0 Å². The van der Waals surface area contributed by atoms with Crippen LogP contribution in [-0.4, -0.2) is 58.5 Å². The topological polar surface area (TPSA) is 60.9 Å². The van der Waals surface area contributed by atoms with E-state index in [9.17, 15) is 14.7 Å². The lowest BCUT2D eigenvalue weighted by Crippen LogP contribution is -2.56. The normalized spacial score (nSPS) is 20.6. The quantitative estimate of drug-likeness (QED) is 0.897. The van der Waals surface area contributed by atoms with Crippen molar-refractivity contribution in [1.82, 2.24) is 9.80 Å². The van der Waals surface area contributed by atoms with Gasteiger partial charge < -0.3 is 14.9 Å². The Morgan fingerprint density at radius 3 is 2.04 bits per heavy atom. The van der Waals surface area contributed by atoms with Gasteiger partial charge in [-0.05, 0) is 49.9 Å². The van der Waals surface area contributed by atoms with E-state index in [0.717, 1.165) is 12.8 Å². The molecule has 2 aliphatic rings. The predicted molar refractivity (Wildman–Crippen MR) is 87.4 cm³/mol. The zero-order chi connectivity index (χ0) is 16.4. The van der Waals surface area contributed by atoms with Crippen molar-refractivity contribution >= 4 is 23.4 Å². The van der Waals surface area contributed by atoms with Gasteiger partial charge in [-0.3, -0.25) is 9.59 Å². The Labute approximate surface area is 140 Å². The molecule has 0 aromatic heterocycles. The van der Waals surface area contributed by atoms with E-state index in [1.54, 1.807) is 34.1 Å². The number of hydrogen-bond donors (Lipinski definition) is 1. The van der Waals surface area contributed by atoms with Crippen LogP contribution in [0.4, 0.5) is 0 Å². The van der Waals surface area contributed by atoms with Gasteiger partial charge in [-0.15, -0.1) is 0 Å². The third-order valence-corrected chi connectivity index (χ3v) is 5.03. The summed E-state index contributed by atoms with van der Waals surface area (Å²) >= 11 is 5.84. The van der Waals surface area contributed by atoms with Crippen molar-refractivity contribution in [2.75, 3.05) is 26.2 Å². The van der Waals surface area contributed by atoms with Crippen molar-refractivity contribution in [3.63, 3.8) is 0 Å². The van der Waals surface area contributed by atoms with Gasteiger partial charge in [0.15, 0.2) is 0 Å². The van der Waals surface area contributed by atoms with Crippen molar-refractivity contribution in [3.05, 3.63) is 34.9 Å². The molecule has 3 rings (SSSR count). The summed E-state index contributed by atoms with van der Waals surface area (Å²) in [4.78, 5) is 28.3. The number of rotatable bonds is 2. The molecular formula is C17H21ClN2O3. The molecule has 2 amide bonds. The molecular weight excluding hydrogens is 316 g/mol. The Bertz CT molecular complexity index is 588. The molecule has 1 aromatic carbocycles. The first kappa shape index (κ1) is 16.3. The molecule has 1 heterocycles. The highest BCUT2D eigenvalue weighted by molar-refractivity contribution is 6.30. The van der Waals surface area contributed by atoms with E-state index >= 15 is 0 Å². The smallest absolute Gasteiger partial charge is 0.254 e. The van der Waals surface area contributed by atoms with Gasteiger partial charge >= 0.3 is 0 Å². The van der Waals surface area contributed by atoms with E-state index in [2.05, 4.69) is 0 Å². The van der Waals surface area contributed by atoms with Gasteiger partial charge in [0.25, 0.3) is 11.8 Å². The average Bonchev–Trinajstić information content (AvgIpc) is 3.02. The van der Waals surface area contributed by atoms with E-state index in [1.807, 2.05) is 0 Å². The third kappa shape index (κ3) is 3.35. The molecule has 1 saturated carbocycles. The van der Waals surface area contributed by atoms with E-state index in [0.29, 0.717) is 49.6 Å². The van der Waals surface area contributed by atoms with Crippen LogP contribution in [0.3, 0.4) is 0 Å². The van der Waals surface area contributed by atoms with Gasteiger partial charge in [0.05, 0.1) is 0 Å². The molecule has 1 aromatic rings. The Hall–Kier alpha value is -1.59. The zero-order valence-corrected chi connectivity index (χ0v) is 13.8. The summed E-state index contributed by atoms with van der Waals surface area (Å²) in [7, 11) is 0. The number of amides is 2. The first-order valence-corrected chi connectivity index (χ1v) is 8.44. The van der Waals surface area contributed by atoms with Crippen LogP contribution in [0.2, 0.25) is 5.02 Å². The second-order valence-corrected chi connectivity index (χ2v) is 6.77. The molecule has 1 N–H and O–H groups in total. The number of benzene rings is 1. The summed E-state index contributed by atoms with van der Waals surface area (Å²) in [5, 5.41) is 11.0. The summed E-state index contributed by atoms with van der Waals surface area (Å²) in [6.07, 6.45) is 2.90. The summed E-state index contributed by atoms with van der Waals surface area (Å²) in [6, 6.07) is 6.82. The molecule has 2 fully saturated rings. The first-order valence-electron chi connectivity index (χ1n) is 8.06. The minimum absolute atomic E-state index is 0.0478. The van der Waals surface area contributed by atoms with E-state index in [1.165, 1.54) is 0 Å². The van der Waals surface area contributed by atoms with Crippen LogP contribution in [0.1, 0.15) is 36.0 Å². The second-order valence-electron chi connectivity index (χ2n) is 6.33. The number of aliphatic hydroxyl groups is 1. The molecule has 6 heteroatoms. The maximum atomic E-state index is 12.5. The lowest BCUT2D eigenvalue weighted by atomic mass is 10.00. The largest absolute Gasteiger partial charge is 0.380 e. The Balaban J connectivity index is 1.59. The van der Waals surface area contributed by atoms with Crippen LogP contribution in [-0.2, 0) is 4.79 Å². The van der Waals surface area contributed by atoms with Crippen molar-refractivity contribution in [1.29, 1.82) is 0 Å². The van der Waals surface area contributed by atoms with E-state index in [-0.39, 0.29) is 11.8 Å². The number of halogens is 1. The maximum absolute atomic E-state index is 12.5. The van der Waals surface area contributed by atoms with Gasteiger partial charge in [0, 0.05) is 36.8 Å². The molecule has 1 saturated heterocycles. The van der Waals surface area contributed by atoms with Crippen molar-refractivity contribution in [3.8, 4) is 0 Å². The SMILES string of the molecule is O=C(c1ccc(Cl)cc1)N1CCN(C(=O)C2(O)CCCC2)CC1. The lowest BCUT2D eigenvalue weighted by molar-refractivity contribution is -0.152. The van der Waals surface area contributed by atoms with Gasteiger partial charge in [-0.1, -0.05) is 11.6 Å². The fraction of sp³-hybridized carbons (Fsp3) is 0.529. The molecule has 23 heavy (non-hydrogen) atoms. The van der Waals surface area contributed by atoms with Gasteiger partial charge in [-0.25, -0.2) is 0 Å². The van der Waals surface area contributed by atoms with Crippen LogP contribution >= 0.6 is 11.6 Å². The molecule has 124 valence electrons. The minimum atomic E-state index is -1.18. The third-order valence-electron chi connectivity index (χ3n) is 4.77. The van der Waals surface area contributed by atoms with Crippen LogP contribution < -0.4 is 0 Å². The second kappa shape index (κ2) is 6.49. The van der Waals surface area contributed by atoms with Crippen molar-refractivity contribution in [2.24, 2.45) is 0 Å². The van der Waals surface area contributed by atoms with Crippen LogP contribution in [0.25, 0.3) is 0 Å². The molecule has 5 nitrogen and oxygen atoms in total. The van der Waals surface area contributed by atoms with Crippen LogP contribution in [0.5, 0.6) is 0 Å². The summed E-state index contributed by atoms with van der Waals surface area (Å²) in [5.74, 6) is -0.220. The number of carbonyl (C=O) groups excluding carboxylic acids is 2. The monoisotopic (exact) mass is 336 g/mol. The Morgan fingerprint density at radius 1 is 0.957 bits per heavy atom. The summed E-state index contributed by atoms with van der Waals surface area (Å²) < 4.78 is 0. The molecule has 0 bridgehead atoms. The van der Waals surface area contributed by atoms with Gasteiger partial charge in [0.2, 0.25) is 0 Å². The Kier molecular flexibility index (Phi) is 4.60. The minimum Gasteiger partial charge on any atom is -0.380 e. The number of piperazine rings is 1. The van der Waals surface area contributed by atoms with Crippen molar-refractivity contribution < 1.29 is 14.7 Å². The highest BCUT2D eigenvalue weighted by Gasteiger charge is 2.42. The molecule has 0 unspecified atom stereocenters. The highest BCUT2D eigenvalue weighted by Crippen LogP contribution is 2.31. The van der Waals surface area contributed by atoms with E-state index in [4.69, 9.17) is 11.6 Å². The zero-order valence-electron chi connectivity index (χ0n) is 13.0. The maximum Gasteiger partial charge on any atom is 0.254 e. The number of nitrogens with zero attached hydrogens (tertiary/aromatic N) is 2. The van der Waals surface area contributed by atoms with Gasteiger partial charge in [0.1, 0.15) is 5.60 Å². The fourth-order valence-electron chi connectivity index (χ4n) is 3.36. The standard InChI is InChI=1S/C17H21ClN2O3/c18-14-5-3-13(4-6-14)15(21)19-9-11-20(12-10-19)16(22)17(23)7-1-2-8-17/h3-6,23H,1-2,7-12H2. The molecule has 1 aliphatic carbocycles. The first-order chi connectivity index (χ1) is 11.0. The fourth-order valence-corrected chi connectivity index (χ4v) is 3.48. The van der Waals surface area contributed by atoms with Crippen molar-refractivity contribution in [2.45, 2.75) is 31.3 Å². The molecule has 0 atom stereocenters. The average molecular weight is 337 g/mol. The molecule has 0 radical (unpaired) electrons. The molecule has 0 spiro atoms. The molecule has 1 aliphatic heterocycles.